The third kappa shape index (κ3) is 2.56. The van der Waals surface area contributed by atoms with Crippen molar-refractivity contribution in [2.75, 3.05) is 7.11 Å². The molecule has 0 aliphatic heterocycles. The van der Waals surface area contributed by atoms with Crippen LogP contribution >= 0.6 is 15.9 Å². The fourth-order valence-electron chi connectivity index (χ4n) is 2.57. The summed E-state index contributed by atoms with van der Waals surface area (Å²) in [6, 6.07) is 2.43. The SMILES string of the molecule is COc1c(Br)c2cc(OC=O)nc2c2c(C(=O)O)cc(C(=O)O)[nH]c12. The van der Waals surface area contributed by atoms with Crippen molar-refractivity contribution in [3.8, 4) is 11.6 Å². The molecule has 2 heterocycles. The summed E-state index contributed by atoms with van der Waals surface area (Å²) >= 11 is 3.33. The minimum Gasteiger partial charge on any atom is -0.493 e. The van der Waals surface area contributed by atoms with Crippen LogP contribution < -0.4 is 9.47 Å². The Morgan fingerprint density at radius 2 is 2.00 bits per heavy atom. The Morgan fingerprint density at radius 1 is 1.28 bits per heavy atom. The van der Waals surface area contributed by atoms with Gasteiger partial charge < -0.3 is 24.7 Å². The van der Waals surface area contributed by atoms with Crippen LogP contribution in [0, 0.1) is 0 Å². The average Bonchev–Trinajstić information content (AvgIpc) is 2.98. The molecule has 0 atom stereocenters. The number of aromatic carboxylic acids is 2. The van der Waals surface area contributed by atoms with Crippen molar-refractivity contribution in [2.45, 2.75) is 0 Å². The van der Waals surface area contributed by atoms with Gasteiger partial charge in [0.25, 0.3) is 6.47 Å². The highest BCUT2D eigenvalue weighted by Gasteiger charge is 2.24. The number of fused-ring (bicyclic) bond motifs is 3. The van der Waals surface area contributed by atoms with Crippen molar-refractivity contribution < 1.29 is 34.1 Å². The molecule has 2 aromatic heterocycles. The van der Waals surface area contributed by atoms with Crippen LogP contribution in [0.5, 0.6) is 11.6 Å². The van der Waals surface area contributed by atoms with Gasteiger partial charge in [0, 0.05) is 16.8 Å². The Balaban J connectivity index is 2.58. The lowest BCUT2D eigenvalue weighted by Crippen LogP contribution is -2.07. The van der Waals surface area contributed by atoms with E-state index < -0.39 is 11.9 Å². The van der Waals surface area contributed by atoms with E-state index in [0.29, 0.717) is 9.86 Å². The lowest BCUT2D eigenvalue weighted by Gasteiger charge is -2.13. The fourth-order valence-corrected chi connectivity index (χ4v) is 3.23. The maximum atomic E-state index is 11.7. The van der Waals surface area contributed by atoms with Crippen LogP contribution in [0.4, 0.5) is 0 Å². The number of H-pyrrole nitrogens is 1. The average molecular weight is 409 g/mol. The number of halogens is 1. The lowest BCUT2D eigenvalue weighted by molar-refractivity contribution is -0.120. The molecule has 0 aliphatic rings. The van der Waals surface area contributed by atoms with Crippen LogP contribution in [0.25, 0.3) is 21.8 Å². The summed E-state index contributed by atoms with van der Waals surface area (Å²) in [5.41, 5.74) is -0.261. The Hall–Kier alpha value is -3.14. The van der Waals surface area contributed by atoms with Gasteiger partial charge in [0.1, 0.15) is 5.69 Å². The Bertz CT molecular complexity index is 1060. The van der Waals surface area contributed by atoms with Crippen molar-refractivity contribution in [1.82, 2.24) is 9.97 Å². The number of rotatable bonds is 5. The highest BCUT2D eigenvalue weighted by molar-refractivity contribution is 9.10. The number of ether oxygens (including phenoxy) is 2. The molecule has 0 unspecified atom stereocenters. The minimum atomic E-state index is -1.34. The number of benzene rings is 1. The molecule has 3 N–H and O–H groups in total. The number of aromatic amines is 1. The van der Waals surface area contributed by atoms with Gasteiger partial charge in [-0.1, -0.05) is 0 Å². The first-order valence-electron chi connectivity index (χ1n) is 6.68. The molecule has 1 aromatic carbocycles. The molecule has 25 heavy (non-hydrogen) atoms. The third-order valence-electron chi connectivity index (χ3n) is 3.55. The van der Waals surface area contributed by atoms with E-state index in [1.807, 2.05) is 0 Å². The van der Waals surface area contributed by atoms with Crippen LogP contribution in [0.3, 0.4) is 0 Å². The number of carbonyl (C=O) groups excluding carboxylic acids is 1. The summed E-state index contributed by atoms with van der Waals surface area (Å²) in [6.45, 7) is 0.196. The smallest absolute Gasteiger partial charge is 0.352 e. The maximum absolute atomic E-state index is 11.7. The minimum absolute atomic E-state index is 0.0288. The van der Waals surface area contributed by atoms with Crippen molar-refractivity contribution >= 4 is 56.1 Å². The van der Waals surface area contributed by atoms with Gasteiger partial charge in [-0.25, -0.2) is 14.6 Å². The van der Waals surface area contributed by atoms with E-state index in [4.69, 9.17) is 9.47 Å². The molecule has 0 saturated heterocycles. The number of methoxy groups -OCH3 is 1. The molecule has 0 spiro atoms. The number of nitrogens with one attached hydrogen (secondary N) is 1. The van der Waals surface area contributed by atoms with Crippen LogP contribution in [0.15, 0.2) is 16.6 Å². The molecule has 0 amide bonds. The first-order valence-corrected chi connectivity index (χ1v) is 7.48. The van der Waals surface area contributed by atoms with E-state index >= 15 is 0 Å². The number of aromatic nitrogens is 2. The standard InChI is InChI=1S/C15H9BrN2O7/c1-24-13-10(16)6-3-8(25-4-19)18-11(6)9-5(14(20)21)2-7(15(22)23)17-12(9)13/h2-4,17H,1H3,(H,20,21)(H,22,23). The number of hydrogen-bond donors (Lipinski definition) is 3. The summed E-state index contributed by atoms with van der Waals surface area (Å²) < 4.78 is 10.4. The largest absolute Gasteiger partial charge is 0.493 e. The predicted molar refractivity (Wildman–Crippen MR) is 88.5 cm³/mol. The van der Waals surface area contributed by atoms with E-state index in [9.17, 15) is 24.6 Å². The molecule has 3 rings (SSSR count). The van der Waals surface area contributed by atoms with Crippen LogP contribution in [0.1, 0.15) is 20.8 Å². The van der Waals surface area contributed by atoms with E-state index in [2.05, 4.69) is 25.9 Å². The molecule has 0 radical (unpaired) electrons. The summed E-state index contributed by atoms with van der Waals surface area (Å²) in [7, 11) is 1.35. The number of pyridine rings is 1. The first kappa shape index (κ1) is 16.7. The molecule has 10 heteroatoms. The normalized spacial score (nSPS) is 10.8. The zero-order valence-electron chi connectivity index (χ0n) is 12.5. The van der Waals surface area contributed by atoms with Gasteiger partial charge in [0.05, 0.1) is 28.2 Å². The molecule has 0 aliphatic carbocycles. The second-order valence-corrected chi connectivity index (χ2v) is 5.67. The fraction of sp³-hybridized carbons (Fsp3) is 0.0667. The van der Waals surface area contributed by atoms with Crippen LogP contribution in [0.2, 0.25) is 0 Å². The van der Waals surface area contributed by atoms with Crippen molar-refractivity contribution in [3.05, 3.63) is 27.9 Å². The zero-order chi connectivity index (χ0) is 18.3. The molecule has 128 valence electrons. The highest BCUT2D eigenvalue weighted by atomic mass is 79.9. The molecule has 3 aromatic rings. The van der Waals surface area contributed by atoms with Gasteiger partial charge >= 0.3 is 11.9 Å². The molecule has 0 fully saturated rings. The molecular formula is C15H9BrN2O7. The summed E-state index contributed by atoms with van der Waals surface area (Å²) in [5, 5.41) is 19.3. The van der Waals surface area contributed by atoms with Gasteiger partial charge in [-0.3, -0.25) is 4.79 Å². The second-order valence-electron chi connectivity index (χ2n) is 4.87. The van der Waals surface area contributed by atoms with E-state index in [1.165, 1.54) is 13.2 Å². The quantitative estimate of drug-likeness (QED) is 0.546. The Morgan fingerprint density at radius 3 is 2.56 bits per heavy atom. The van der Waals surface area contributed by atoms with Crippen molar-refractivity contribution in [2.24, 2.45) is 0 Å². The van der Waals surface area contributed by atoms with Gasteiger partial charge in [-0.05, 0) is 22.0 Å². The number of hydrogen-bond acceptors (Lipinski definition) is 6. The molecule has 0 bridgehead atoms. The lowest BCUT2D eigenvalue weighted by atomic mass is 10.0. The molecule has 0 saturated carbocycles. The third-order valence-corrected chi connectivity index (χ3v) is 4.33. The van der Waals surface area contributed by atoms with E-state index in [1.54, 1.807) is 0 Å². The molecule has 9 nitrogen and oxygen atoms in total. The summed E-state index contributed by atoms with van der Waals surface area (Å²) in [6.07, 6.45) is 0. The van der Waals surface area contributed by atoms with Gasteiger partial charge in [0.2, 0.25) is 5.88 Å². The van der Waals surface area contributed by atoms with Gasteiger partial charge in [-0.2, -0.15) is 0 Å². The second kappa shape index (κ2) is 6.06. The predicted octanol–water partition coefficient (Wildman–Crippen LogP) is 2.42. The molecular weight excluding hydrogens is 400 g/mol. The van der Waals surface area contributed by atoms with Crippen LogP contribution in [-0.4, -0.2) is 45.7 Å². The first-order chi connectivity index (χ1) is 11.9. The number of nitrogens with zero attached hydrogens (tertiary/aromatic N) is 1. The number of carboxylic acid groups (broad SMARTS) is 2. The Kier molecular flexibility index (Phi) is 4.05. The highest BCUT2D eigenvalue weighted by Crippen LogP contribution is 2.43. The summed E-state index contributed by atoms with van der Waals surface area (Å²) in [4.78, 5) is 40.3. The van der Waals surface area contributed by atoms with Crippen molar-refractivity contribution in [1.29, 1.82) is 0 Å². The van der Waals surface area contributed by atoms with Crippen LogP contribution in [-0.2, 0) is 4.79 Å². The van der Waals surface area contributed by atoms with Gasteiger partial charge in [-0.15, -0.1) is 0 Å². The Labute approximate surface area is 147 Å². The van der Waals surface area contributed by atoms with E-state index in [0.717, 1.165) is 6.07 Å². The zero-order valence-corrected chi connectivity index (χ0v) is 14.1. The van der Waals surface area contributed by atoms with Crippen molar-refractivity contribution in [3.63, 3.8) is 0 Å². The summed E-state index contributed by atoms with van der Waals surface area (Å²) in [5.74, 6) is -2.51. The maximum Gasteiger partial charge on any atom is 0.352 e. The number of carboxylic acids is 2. The number of carbonyl (C=O) groups is 3. The van der Waals surface area contributed by atoms with E-state index in [-0.39, 0.29) is 45.8 Å². The monoisotopic (exact) mass is 408 g/mol. The topological polar surface area (TPSA) is 139 Å². The van der Waals surface area contributed by atoms with Gasteiger partial charge in [0.15, 0.2) is 5.75 Å².